The van der Waals surface area contributed by atoms with Crippen LogP contribution in [0.25, 0.3) is 0 Å². The molecule has 36 heavy (non-hydrogen) atoms. The van der Waals surface area contributed by atoms with Crippen LogP contribution < -0.4 is 0 Å². The molecule has 0 fully saturated rings. The molecule has 0 aliphatic carbocycles. The summed E-state index contributed by atoms with van der Waals surface area (Å²) in [5.74, 6) is 18.9. The van der Waals surface area contributed by atoms with Gasteiger partial charge in [0.05, 0.1) is 17.6 Å². The van der Waals surface area contributed by atoms with Gasteiger partial charge in [-0.15, -0.1) is 23.7 Å². The third-order valence-corrected chi connectivity index (χ3v) is 5.81. The summed E-state index contributed by atoms with van der Waals surface area (Å²) in [6.45, 7) is 6.01. The molecule has 0 amide bonds. The van der Waals surface area contributed by atoms with Gasteiger partial charge >= 0.3 is 0 Å². The lowest BCUT2D eigenvalue weighted by atomic mass is 10.1. The van der Waals surface area contributed by atoms with Gasteiger partial charge in [0, 0.05) is 19.3 Å². The first-order valence-corrected chi connectivity index (χ1v) is 13.3. The van der Waals surface area contributed by atoms with Gasteiger partial charge in [0.25, 0.3) is 0 Å². The van der Waals surface area contributed by atoms with Gasteiger partial charge in [0.1, 0.15) is 5.71 Å². The lowest BCUT2D eigenvalue weighted by Crippen LogP contribution is -1.97. The van der Waals surface area contributed by atoms with Gasteiger partial charge < -0.3 is 0 Å². The van der Waals surface area contributed by atoms with Gasteiger partial charge in [-0.1, -0.05) is 81.3 Å². The third kappa shape index (κ3) is 11.7. The number of benzene rings is 2. The fourth-order valence-electron chi connectivity index (χ4n) is 3.82. The van der Waals surface area contributed by atoms with Crippen molar-refractivity contribution in [2.45, 2.75) is 91.4 Å². The molecule has 0 saturated carbocycles. The Morgan fingerprint density at radius 3 is 1.94 bits per heavy atom. The van der Waals surface area contributed by atoms with Gasteiger partial charge in [0.2, 0.25) is 0 Å². The maximum atomic E-state index is 4.94. The molecule has 0 spiro atoms. The number of para-hydroxylation sites is 2. The van der Waals surface area contributed by atoms with E-state index in [-0.39, 0.29) is 0 Å². The Bertz CT molecular complexity index is 1170. The van der Waals surface area contributed by atoms with E-state index in [1.54, 1.807) is 0 Å². The van der Waals surface area contributed by atoms with Crippen molar-refractivity contribution in [1.82, 2.24) is 0 Å². The monoisotopic (exact) mass is 476 g/mol. The van der Waals surface area contributed by atoms with Crippen LogP contribution in [0, 0.1) is 35.5 Å². The zero-order valence-electron chi connectivity index (χ0n) is 22.4. The van der Waals surface area contributed by atoms with Crippen molar-refractivity contribution in [3.8, 4) is 35.5 Å². The minimum Gasteiger partial charge on any atom is -0.254 e. The fraction of sp³-hybridized carbons (Fsp3) is 0.412. The van der Waals surface area contributed by atoms with Crippen molar-refractivity contribution in [2.24, 2.45) is 9.98 Å². The Balaban J connectivity index is 2.25. The van der Waals surface area contributed by atoms with E-state index < -0.39 is 0 Å². The van der Waals surface area contributed by atoms with Gasteiger partial charge in [-0.3, -0.25) is 4.99 Å². The predicted octanol–water partition coefficient (Wildman–Crippen LogP) is 8.83. The van der Waals surface area contributed by atoms with Gasteiger partial charge in [-0.05, 0) is 62.3 Å². The average Bonchev–Trinajstić information content (AvgIpc) is 2.90. The summed E-state index contributed by atoms with van der Waals surface area (Å²) in [6.07, 6.45) is 13.7. The molecule has 0 unspecified atom stereocenters. The number of unbranched alkanes of at least 4 members (excludes halogenated alkanes) is 6. The molecular weight excluding hydrogens is 436 g/mol. The normalized spacial score (nSPS) is 10.7. The lowest BCUT2D eigenvalue weighted by Gasteiger charge is -2.05. The Kier molecular flexibility index (Phi) is 14.9. The molecule has 2 nitrogen and oxygen atoms in total. The van der Waals surface area contributed by atoms with E-state index in [0.717, 1.165) is 49.9 Å². The van der Waals surface area contributed by atoms with Crippen molar-refractivity contribution in [3.63, 3.8) is 0 Å². The van der Waals surface area contributed by atoms with Crippen molar-refractivity contribution in [3.05, 3.63) is 59.7 Å². The van der Waals surface area contributed by atoms with Crippen LogP contribution in [0.3, 0.4) is 0 Å². The number of hydrogen-bond donors (Lipinski definition) is 0. The van der Waals surface area contributed by atoms with E-state index in [1.807, 2.05) is 38.3 Å². The quantitative estimate of drug-likeness (QED) is 0.157. The molecule has 2 rings (SSSR count). The van der Waals surface area contributed by atoms with Crippen molar-refractivity contribution in [2.75, 3.05) is 0 Å². The van der Waals surface area contributed by atoms with Crippen LogP contribution in [0.5, 0.6) is 0 Å². The Morgan fingerprint density at radius 1 is 0.694 bits per heavy atom. The zero-order valence-corrected chi connectivity index (χ0v) is 22.4. The highest BCUT2D eigenvalue weighted by atomic mass is 14.8. The second-order valence-corrected chi connectivity index (χ2v) is 8.69. The maximum absolute atomic E-state index is 4.94. The molecule has 0 atom stereocenters. The van der Waals surface area contributed by atoms with Crippen molar-refractivity contribution < 1.29 is 0 Å². The van der Waals surface area contributed by atoms with E-state index in [2.05, 4.69) is 72.8 Å². The van der Waals surface area contributed by atoms with Gasteiger partial charge in [-0.2, -0.15) is 0 Å². The van der Waals surface area contributed by atoms with Crippen LogP contribution in [-0.4, -0.2) is 11.9 Å². The SMILES string of the molecule is CC#CCCc1ccccc1N=CC(C#CCCCCCCCC)=Nc1ccccc1CCC#CC. The molecule has 0 N–H and O–H groups in total. The highest BCUT2D eigenvalue weighted by molar-refractivity contribution is 6.39. The molecule has 2 heteroatoms. The van der Waals surface area contributed by atoms with E-state index in [4.69, 9.17) is 9.98 Å². The minimum absolute atomic E-state index is 0.693. The summed E-state index contributed by atoms with van der Waals surface area (Å²) in [5.41, 5.74) is 4.96. The predicted molar refractivity (Wildman–Crippen MR) is 157 cm³/mol. The number of aryl methyl sites for hydroxylation is 2. The molecule has 2 aromatic carbocycles. The summed E-state index contributed by atoms with van der Waals surface area (Å²) in [5, 5.41) is 0. The average molecular weight is 477 g/mol. The largest absolute Gasteiger partial charge is 0.254 e. The first-order chi connectivity index (χ1) is 17.8. The second kappa shape index (κ2) is 18.7. The summed E-state index contributed by atoms with van der Waals surface area (Å²) in [6, 6.07) is 16.5. The fourth-order valence-corrected chi connectivity index (χ4v) is 3.82. The number of rotatable bonds is 13. The molecular formula is C34H40N2. The molecule has 0 heterocycles. The van der Waals surface area contributed by atoms with Gasteiger partial charge in [-0.25, -0.2) is 4.99 Å². The number of aliphatic imine (C=N–C) groups is 2. The third-order valence-electron chi connectivity index (χ3n) is 5.81. The van der Waals surface area contributed by atoms with Crippen LogP contribution in [0.2, 0.25) is 0 Å². The molecule has 0 aromatic heterocycles. The van der Waals surface area contributed by atoms with Gasteiger partial charge in [0.15, 0.2) is 0 Å². The summed E-state index contributed by atoms with van der Waals surface area (Å²) in [4.78, 5) is 9.75. The standard InChI is InChI=1S/C34H40N2/c1-4-7-10-11-12-13-14-17-26-32(36-34-28-21-19-25-31(34)23-16-9-6-3)29-35-33-27-20-18-24-30(33)22-15-8-5-2/h18-21,24-25,27-29H,4,7,10-16,22-23H2,1-3H3. The second-order valence-electron chi connectivity index (χ2n) is 8.69. The van der Waals surface area contributed by atoms with Crippen LogP contribution in [-0.2, 0) is 12.8 Å². The molecule has 2 aromatic rings. The first kappa shape index (κ1) is 28.7. The Labute approximate surface area is 219 Å². The summed E-state index contributed by atoms with van der Waals surface area (Å²) >= 11 is 0. The summed E-state index contributed by atoms with van der Waals surface area (Å²) in [7, 11) is 0. The van der Waals surface area contributed by atoms with E-state index in [0.29, 0.717) is 5.71 Å². The van der Waals surface area contributed by atoms with E-state index in [9.17, 15) is 0 Å². The number of hydrogen-bond acceptors (Lipinski definition) is 2. The smallest absolute Gasteiger partial charge is 0.132 e. The van der Waals surface area contributed by atoms with Crippen molar-refractivity contribution >= 4 is 23.3 Å². The minimum atomic E-state index is 0.693. The topological polar surface area (TPSA) is 24.7 Å². The van der Waals surface area contributed by atoms with Crippen LogP contribution in [0.15, 0.2) is 58.5 Å². The molecule has 0 bridgehead atoms. The number of nitrogens with zero attached hydrogens (tertiary/aromatic N) is 2. The first-order valence-electron chi connectivity index (χ1n) is 13.3. The zero-order chi connectivity index (χ0) is 25.7. The van der Waals surface area contributed by atoms with Crippen molar-refractivity contribution in [1.29, 1.82) is 0 Å². The van der Waals surface area contributed by atoms with Crippen LogP contribution >= 0.6 is 0 Å². The molecule has 186 valence electrons. The van der Waals surface area contributed by atoms with E-state index in [1.165, 1.54) is 43.2 Å². The molecule has 0 aliphatic rings. The Hall–Kier alpha value is -3.54. The molecule has 0 radical (unpaired) electrons. The highest BCUT2D eigenvalue weighted by Gasteiger charge is 2.03. The summed E-state index contributed by atoms with van der Waals surface area (Å²) < 4.78 is 0. The van der Waals surface area contributed by atoms with Crippen LogP contribution in [0.4, 0.5) is 11.4 Å². The highest BCUT2D eigenvalue weighted by Crippen LogP contribution is 2.22. The Morgan fingerprint density at radius 2 is 1.28 bits per heavy atom. The van der Waals surface area contributed by atoms with Crippen LogP contribution in [0.1, 0.15) is 89.7 Å². The van der Waals surface area contributed by atoms with E-state index >= 15 is 0 Å². The lowest BCUT2D eigenvalue weighted by molar-refractivity contribution is 0.614. The maximum Gasteiger partial charge on any atom is 0.132 e. The molecule has 0 aliphatic heterocycles. The molecule has 0 saturated heterocycles.